The van der Waals surface area contributed by atoms with Crippen molar-refractivity contribution in [2.24, 2.45) is 0 Å². The summed E-state index contributed by atoms with van der Waals surface area (Å²) >= 11 is 0. The fourth-order valence-corrected chi connectivity index (χ4v) is 2.96. The summed E-state index contributed by atoms with van der Waals surface area (Å²) in [6.07, 6.45) is 2.42. The number of hydrogen-bond donors (Lipinski definition) is 3. The zero-order chi connectivity index (χ0) is 18.6. The van der Waals surface area contributed by atoms with Crippen molar-refractivity contribution in [2.45, 2.75) is 25.3 Å². The molecule has 1 saturated carbocycles. The first-order valence-corrected chi connectivity index (χ1v) is 9.11. The molecule has 0 aliphatic heterocycles. The fourth-order valence-electron chi connectivity index (χ4n) is 2.96. The van der Waals surface area contributed by atoms with Crippen LogP contribution in [0.15, 0.2) is 66.7 Å². The van der Waals surface area contributed by atoms with Crippen molar-refractivity contribution in [2.75, 3.05) is 10.6 Å². The lowest BCUT2D eigenvalue weighted by molar-refractivity contribution is -0.115. The number of nitrogens with one attached hydrogen (secondary N) is 3. The first-order valence-electron chi connectivity index (χ1n) is 9.11. The van der Waals surface area contributed by atoms with Gasteiger partial charge in [0.05, 0.1) is 6.42 Å². The number of carbonyl (C=O) groups is 2. The lowest BCUT2D eigenvalue weighted by atomic mass is 10.0. The molecular formula is C22H21N3O2. The van der Waals surface area contributed by atoms with Crippen molar-refractivity contribution in [3.05, 3.63) is 72.3 Å². The predicted octanol–water partition coefficient (Wildman–Crippen LogP) is 4.30. The Bertz CT molecular complexity index is 978. The Hall–Kier alpha value is -3.34. The van der Waals surface area contributed by atoms with Gasteiger partial charge in [-0.1, -0.05) is 42.5 Å². The molecule has 3 aromatic carbocycles. The molecule has 1 aliphatic rings. The normalized spacial score (nSPS) is 13.2. The standard InChI is InChI=1S/C22H21N3O2/c26-21(14-15-5-6-16-3-1-2-4-17(16)13-15)23-18-7-9-19(10-8-18)24-22(27)25-20-11-12-20/h1-10,13,20H,11-12,14H2,(H,23,26)(H2,24,25,27). The Kier molecular flexibility index (Phi) is 4.75. The Morgan fingerprint density at radius 1 is 0.815 bits per heavy atom. The van der Waals surface area contributed by atoms with Gasteiger partial charge in [-0.25, -0.2) is 4.79 Å². The van der Waals surface area contributed by atoms with E-state index >= 15 is 0 Å². The number of amides is 3. The molecule has 0 heterocycles. The van der Waals surface area contributed by atoms with Gasteiger partial charge in [0.1, 0.15) is 0 Å². The van der Waals surface area contributed by atoms with Crippen molar-refractivity contribution >= 4 is 34.1 Å². The molecule has 0 atom stereocenters. The molecule has 0 saturated heterocycles. The SMILES string of the molecule is O=C(Cc1ccc2ccccc2c1)Nc1ccc(NC(=O)NC2CC2)cc1. The minimum absolute atomic E-state index is 0.0718. The molecule has 0 radical (unpaired) electrons. The number of anilines is 2. The van der Waals surface area contributed by atoms with Gasteiger partial charge in [-0.2, -0.15) is 0 Å². The van der Waals surface area contributed by atoms with Crippen LogP contribution in [-0.2, 0) is 11.2 Å². The van der Waals surface area contributed by atoms with Gasteiger partial charge in [0.2, 0.25) is 5.91 Å². The molecule has 0 spiro atoms. The second-order valence-electron chi connectivity index (χ2n) is 6.86. The minimum atomic E-state index is -0.189. The highest BCUT2D eigenvalue weighted by atomic mass is 16.2. The van der Waals surface area contributed by atoms with Crippen molar-refractivity contribution in [3.63, 3.8) is 0 Å². The van der Waals surface area contributed by atoms with Crippen LogP contribution in [0.4, 0.5) is 16.2 Å². The van der Waals surface area contributed by atoms with Gasteiger partial charge in [0.25, 0.3) is 0 Å². The second-order valence-corrected chi connectivity index (χ2v) is 6.86. The molecule has 136 valence electrons. The molecule has 0 unspecified atom stereocenters. The van der Waals surface area contributed by atoms with Crippen LogP contribution >= 0.6 is 0 Å². The molecule has 0 bridgehead atoms. The van der Waals surface area contributed by atoms with Crippen LogP contribution in [0.5, 0.6) is 0 Å². The predicted molar refractivity (Wildman–Crippen MR) is 108 cm³/mol. The molecule has 0 aromatic heterocycles. The topological polar surface area (TPSA) is 70.2 Å². The van der Waals surface area contributed by atoms with Crippen LogP contribution in [0.2, 0.25) is 0 Å². The van der Waals surface area contributed by atoms with Crippen molar-refractivity contribution in [1.29, 1.82) is 0 Å². The smallest absolute Gasteiger partial charge is 0.319 e. The number of carbonyl (C=O) groups excluding carboxylic acids is 2. The van der Waals surface area contributed by atoms with E-state index in [-0.39, 0.29) is 11.9 Å². The van der Waals surface area contributed by atoms with Gasteiger partial charge in [-0.05, 0) is 53.4 Å². The monoisotopic (exact) mass is 359 g/mol. The highest BCUT2D eigenvalue weighted by Gasteiger charge is 2.23. The van der Waals surface area contributed by atoms with Gasteiger partial charge in [0, 0.05) is 17.4 Å². The summed E-state index contributed by atoms with van der Waals surface area (Å²) in [6.45, 7) is 0. The Morgan fingerprint density at radius 3 is 2.19 bits per heavy atom. The summed E-state index contributed by atoms with van der Waals surface area (Å²) in [5.74, 6) is -0.0718. The van der Waals surface area contributed by atoms with E-state index in [1.54, 1.807) is 24.3 Å². The lowest BCUT2D eigenvalue weighted by Gasteiger charge is -2.09. The van der Waals surface area contributed by atoms with Gasteiger partial charge in [0.15, 0.2) is 0 Å². The number of benzene rings is 3. The van der Waals surface area contributed by atoms with E-state index in [2.05, 4.69) is 22.0 Å². The average Bonchev–Trinajstić information content (AvgIpc) is 3.47. The third-order valence-electron chi connectivity index (χ3n) is 4.52. The Labute approximate surface area is 157 Å². The van der Waals surface area contributed by atoms with Crippen molar-refractivity contribution in [3.8, 4) is 0 Å². The molecule has 4 rings (SSSR count). The molecule has 3 N–H and O–H groups in total. The summed E-state index contributed by atoms with van der Waals surface area (Å²) in [5.41, 5.74) is 2.37. The molecular weight excluding hydrogens is 338 g/mol. The van der Waals surface area contributed by atoms with Gasteiger partial charge in [-0.15, -0.1) is 0 Å². The Balaban J connectivity index is 1.33. The summed E-state index contributed by atoms with van der Waals surface area (Å²) in [6, 6.07) is 21.4. The molecule has 27 heavy (non-hydrogen) atoms. The van der Waals surface area contributed by atoms with E-state index in [0.717, 1.165) is 29.2 Å². The van der Waals surface area contributed by atoms with Crippen LogP contribution in [0, 0.1) is 0 Å². The van der Waals surface area contributed by atoms with Crippen molar-refractivity contribution in [1.82, 2.24) is 5.32 Å². The lowest BCUT2D eigenvalue weighted by Crippen LogP contribution is -2.30. The fraction of sp³-hybridized carbons (Fsp3) is 0.182. The van der Waals surface area contributed by atoms with Gasteiger partial charge < -0.3 is 16.0 Å². The summed E-state index contributed by atoms with van der Waals surface area (Å²) in [7, 11) is 0. The molecule has 5 nitrogen and oxygen atoms in total. The van der Waals surface area contributed by atoms with E-state index in [1.807, 2.05) is 36.4 Å². The third-order valence-corrected chi connectivity index (χ3v) is 4.52. The zero-order valence-corrected chi connectivity index (χ0v) is 14.9. The maximum Gasteiger partial charge on any atom is 0.319 e. The third kappa shape index (κ3) is 4.64. The summed E-state index contributed by atoms with van der Waals surface area (Å²) < 4.78 is 0. The summed E-state index contributed by atoms with van der Waals surface area (Å²) in [5, 5.41) is 10.8. The van der Waals surface area contributed by atoms with E-state index < -0.39 is 0 Å². The highest BCUT2D eigenvalue weighted by molar-refractivity contribution is 5.94. The van der Waals surface area contributed by atoms with E-state index in [1.165, 1.54) is 0 Å². The maximum atomic E-state index is 12.3. The first kappa shape index (κ1) is 17.1. The Morgan fingerprint density at radius 2 is 1.48 bits per heavy atom. The number of urea groups is 1. The highest BCUT2D eigenvalue weighted by Crippen LogP contribution is 2.20. The molecule has 1 aliphatic carbocycles. The number of fused-ring (bicyclic) bond motifs is 1. The molecule has 5 heteroatoms. The minimum Gasteiger partial charge on any atom is -0.335 e. The second kappa shape index (κ2) is 7.50. The summed E-state index contributed by atoms with van der Waals surface area (Å²) in [4.78, 5) is 24.0. The first-order chi connectivity index (χ1) is 13.2. The van der Waals surface area contributed by atoms with Gasteiger partial charge in [-0.3, -0.25) is 4.79 Å². The number of rotatable bonds is 5. The quantitative estimate of drug-likeness (QED) is 0.635. The zero-order valence-electron chi connectivity index (χ0n) is 14.9. The van der Waals surface area contributed by atoms with E-state index in [4.69, 9.17) is 0 Å². The molecule has 1 fully saturated rings. The van der Waals surface area contributed by atoms with Crippen LogP contribution in [0.25, 0.3) is 10.8 Å². The molecule has 3 amide bonds. The van der Waals surface area contributed by atoms with Gasteiger partial charge >= 0.3 is 6.03 Å². The van der Waals surface area contributed by atoms with Crippen LogP contribution in [0.1, 0.15) is 18.4 Å². The maximum absolute atomic E-state index is 12.3. The largest absolute Gasteiger partial charge is 0.335 e. The van der Waals surface area contributed by atoms with Crippen LogP contribution in [0.3, 0.4) is 0 Å². The number of hydrogen-bond acceptors (Lipinski definition) is 2. The average molecular weight is 359 g/mol. The van der Waals surface area contributed by atoms with E-state index in [9.17, 15) is 9.59 Å². The van der Waals surface area contributed by atoms with Crippen LogP contribution in [-0.4, -0.2) is 18.0 Å². The van der Waals surface area contributed by atoms with Crippen LogP contribution < -0.4 is 16.0 Å². The van der Waals surface area contributed by atoms with E-state index in [0.29, 0.717) is 23.8 Å². The van der Waals surface area contributed by atoms with Crippen molar-refractivity contribution < 1.29 is 9.59 Å². The molecule has 3 aromatic rings.